The quantitative estimate of drug-likeness (QED) is 0.505. The van der Waals surface area contributed by atoms with Gasteiger partial charge in [0, 0.05) is 24.3 Å². The van der Waals surface area contributed by atoms with Gasteiger partial charge in [-0.15, -0.1) is 0 Å². The first-order chi connectivity index (χ1) is 14.0. The van der Waals surface area contributed by atoms with Crippen molar-refractivity contribution in [1.82, 2.24) is 4.98 Å². The van der Waals surface area contributed by atoms with Crippen LogP contribution < -0.4 is 4.74 Å². The average molecular weight is 399 g/mol. The van der Waals surface area contributed by atoms with Crippen LogP contribution >= 0.6 is 0 Å². The van der Waals surface area contributed by atoms with Crippen LogP contribution in [0.15, 0.2) is 24.3 Å². The Labute approximate surface area is 171 Å². The lowest BCUT2D eigenvalue weighted by Crippen LogP contribution is -2.18. The van der Waals surface area contributed by atoms with Gasteiger partial charge < -0.3 is 19.2 Å². The van der Waals surface area contributed by atoms with E-state index in [0.29, 0.717) is 49.5 Å². The second kappa shape index (κ2) is 9.74. The number of Topliss-reactive ketones (excluding diaryl/α,β-unsaturated/α-hetero) is 1. The Balaban J connectivity index is 1.70. The van der Waals surface area contributed by atoms with Crippen LogP contribution in [0, 0.1) is 6.92 Å². The highest BCUT2D eigenvalue weighted by Crippen LogP contribution is 2.35. The predicted octanol–water partition coefficient (Wildman–Crippen LogP) is 4.22. The SMILES string of the molecule is CCCOCCOC(=O)c1[nH]c2c(c1C)C(=O)C[C@@H](c1ccc(OCC)cc1)C2. The number of hydrogen-bond donors (Lipinski definition) is 1. The number of aromatic amines is 1. The summed E-state index contributed by atoms with van der Waals surface area (Å²) in [6, 6.07) is 7.88. The molecule has 1 atom stereocenters. The molecule has 0 saturated heterocycles. The molecular formula is C23H29NO5. The molecule has 0 fully saturated rings. The maximum Gasteiger partial charge on any atom is 0.355 e. The molecule has 156 valence electrons. The number of rotatable bonds is 9. The van der Waals surface area contributed by atoms with Gasteiger partial charge in [-0.1, -0.05) is 19.1 Å². The first kappa shape index (κ1) is 21.1. The summed E-state index contributed by atoms with van der Waals surface area (Å²) in [5.74, 6) is 0.518. The molecule has 6 heteroatoms. The lowest BCUT2D eigenvalue weighted by Gasteiger charge is -2.22. The zero-order valence-corrected chi connectivity index (χ0v) is 17.4. The third kappa shape index (κ3) is 4.88. The number of esters is 1. The maximum absolute atomic E-state index is 12.8. The lowest BCUT2D eigenvalue weighted by molar-refractivity contribution is 0.0312. The zero-order valence-electron chi connectivity index (χ0n) is 17.4. The zero-order chi connectivity index (χ0) is 20.8. The van der Waals surface area contributed by atoms with Crippen molar-refractivity contribution in [2.75, 3.05) is 26.4 Å². The van der Waals surface area contributed by atoms with Gasteiger partial charge in [-0.25, -0.2) is 4.79 Å². The highest BCUT2D eigenvalue weighted by Gasteiger charge is 2.32. The molecule has 29 heavy (non-hydrogen) atoms. The molecule has 0 unspecified atom stereocenters. The van der Waals surface area contributed by atoms with Gasteiger partial charge in [0.1, 0.15) is 18.1 Å². The van der Waals surface area contributed by atoms with Crippen LogP contribution in [0.2, 0.25) is 0 Å². The summed E-state index contributed by atoms with van der Waals surface area (Å²) in [5, 5.41) is 0. The van der Waals surface area contributed by atoms with Gasteiger partial charge in [0.15, 0.2) is 5.78 Å². The van der Waals surface area contributed by atoms with Crippen molar-refractivity contribution in [3.8, 4) is 5.75 Å². The Hall–Kier alpha value is -2.60. The summed E-state index contributed by atoms with van der Waals surface area (Å²) in [5.41, 5.74) is 3.59. The molecule has 0 amide bonds. The van der Waals surface area contributed by atoms with Gasteiger partial charge in [-0.3, -0.25) is 4.79 Å². The normalized spacial score (nSPS) is 15.8. The molecular weight excluding hydrogens is 370 g/mol. The van der Waals surface area contributed by atoms with E-state index in [9.17, 15) is 9.59 Å². The van der Waals surface area contributed by atoms with Crippen molar-refractivity contribution < 1.29 is 23.8 Å². The first-order valence-corrected chi connectivity index (χ1v) is 10.3. The number of ketones is 1. The topological polar surface area (TPSA) is 77.6 Å². The van der Waals surface area contributed by atoms with Crippen LogP contribution in [-0.2, 0) is 15.9 Å². The average Bonchev–Trinajstić information content (AvgIpc) is 3.05. The first-order valence-electron chi connectivity index (χ1n) is 10.3. The van der Waals surface area contributed by atoms with Crippen molar-refractivity contribution in [2.24, 2.45) is 0 Å². The summed E-state index contributed by atoms with van der Waals surface area (Å²) >= 11 is 0. The Morgan fingerprint density at radius 2 is 1.86 bits per heavy atom. The van der Waals surface area contributed by atoms with Crippen LogP contribution in [0.4, 0.5) is 0 Å². The lowest BCUT2D eigenvalue weighted by atomic mass is 9.81. The fourth-order valence-corrected chi connectivity index (χ4v) is 3.79. The summed E-state index contributed by atoms with van der Waals surface area (Å²) in [7, 11) is 0. The van der Waals surface area contributed by atoms with Crippen LogP contribution in [0.3, 0.4) is 0 Å². The molecule has 0 saturated carbocycles. The second-order valence-corrected chi connectivity index (χ2v) is 7.26. The van der Waals surface area contributed by atoms with Crippen molar-refractivity contribution in [2.45, 2.75) is 46.0 Å². The smallest absolute Gasteiger partial charge is 0.355 e. The summed E-state index contributed by atoms with van der Waals surface area (Å²) in [6.45, 7) is 7.61. The second-order valence-electron chi connectivity index (χ2n) is 7.26. The molecule has 3 rings (SSSR count). The molecule has 1 heterocycles. The molecule has 0 aliphatic heterocycles. The maximum atomic E-state index is 12.8. The van der Waals surface area contributed by atoms with E-state index in [2.05, 4.69) is 4.98 Å². The number of hydrogen-bond acceptors (Lipinski definition) is 5. The molecule has 0 bridgehead atoms. The molecule has 1 aromatic heterocycles. The van der Waals surface area contributed by atoms with E-state index >= 15 is 0 Å². The molecule has 0 radical (unpaired) electrons. The van der Waals surface area contributed by atoms with Gasteiger partial charge in [-0.2, -0.15) is 0 Å². The van der Waals surface area contributed by atoms with E-state index in [4.69, 9.17) is 14.2 Å². The Morgan fingerprint density at radius 1 is 1.10 bits per heavy atom. The number of carbonyl (C=O) groups is 2. The Kier molecular flexibility index (Phi) is 7.09. The van der Waals surface area contributed by atoms with Gasteiger partial charge in [-0.05, 0) is 55.9 Å². The van der Waals surface area contributed by atoms with Crippen LogP contribution in [0.1, 0.15) is 70.3 Å². The fourth-order valence-electron chi connectivity index (χ4n) is 3.79. The highest BCUT2D eigenvalue weighted by atomic mass is 16.6. The van der Waals surface area contributed by atoms with Crippen LogP contribution in [-0.4, -0.2) is 43.2 Å². The van der Waals surface area contributed by atoms with E-state index in [0.717, 1.165) is 23.4 Å². The fraction of sp³-hybridized carbons (Fsp3) is 0.478. The van der Waals surface area contributed by atoms with Crippen LogP contribution in [0.25, 0.3) is 0 Å². The molecule has 1 aliphatic rings. The molecule has 1 aliphatic carbocycles. The molecule has 2 aromatic rings. The van der Waals surface area contributed by atoms with Crippen molar-refractivity contribution in [3.05, 3.63) is 52.3 Å². The Morgan fingerprint density at radius 3 is 2.55 bits per heavy atom. The summed E-state index contributed by atoms with van der Waals surface area (Å²) in [6.07, 6.45) is 2.04. The number of carbonyl (C=O) groups excluding carboxylic acids is 2. The minimum Gasteiger partial charge on any atom is -0.494 e. The van der Waals surface area contributed by atoms with Gasteiger partial charge in [0.05, 0.1) is 13.2 Å². The van der Waals surface area contributed by atoms with E-state index in [1.807, 2.05) is 38.1 Å². The highest BCUT2D eigenvalue weighted by molar-refractivity contribution is 6.03. The predicted molar refractivity (Wildman–Crippen MR) is 110 cm³/mol. The van der Waals surface area contributed by atoms with Gasteiger partial charge in [0.25, 0.3) is 0 Å². The van der Waals surface area contributed by atoms with E-state index in [1.165, 1.54) is 0 Å². The minimum absolute atomic E-state index is 0.0595. The number of ether oxygens (including phenoxy) is 3. The van der Waals surface area contributed by atoms with Crippen molar-refractivity contribution in [1.29, 1.82) is 0 Å². The minimum atomic E-state index is -0.442. The van der Waals surface area contributed by atoms with E-state index in [-0.39, 0.29) is 18.3 Å². The van der Waals surface area contributed by atoms with E-state index in [1.54, 1.807) is 6.92 Å². The molecule has 1 N–H and O–H groups in total. The number of benzene rings is 1. The van der Waals surface area contributed by atoms with Gasteiger partial charge >= 0.3 is 5.97 Å². The van der Waals surface area contributed by atoms with Gasteiger partial charge in [0.2, 0.25) is 0 Å². The molecule has 0 spiro atoms. The largest absolute Gasteiger partial charge is 0.494 e. The number of aromatic nitrogens is 1. The number of H-pyrrole nitrogens is 1. The van der Waals surface area contributed by atoms with Crippen molar-refractivity contribution >= 4 is 11.8 Å². The summed E-state index contributed by atoms with van der Waals surface area (Å²) in [4.78, 5) is 28.4. The summed E-state index contributed by atoms with van der Waals surface area (Å²) < 4.78 is 16.1. The monoisotopic (exact) mass is 399 g/mol. The standard InChI is InChI=1S/C23H29NO5/c1-4-10-27-11-12-29-23(26)22-15(3)21-19(24-22)13-17(14-20(21)25)16-6-8-18(9-7-16)28-5-2/h6-9,17,24H,4-5,10-14H2,1-3H3/t17-/m0/s1. The van der Waals surface area contributed by atoms with Crippen LogP contribution in [0.5, 0.6) is 5.75 Å². The number of nitrogens with one attached hydrogen (secondary N) is 1. The third-order valence-electron chi connectivity index (χ3n) is 5.16. The van der Waals surface area contributed by atoms with Crippen molar-refractivity contribution in [3.63, 3.8) is 0 Å². The molecule has 1 aromatic carbocycles. The number of fused-ring (bicyclic) bond motifs is 1. The Bertz CT molecular complexity index is 853. The van der Waals surface area contributed by atoms with E-state index < -0.39 is 5.97 Å². The third-order valence-corrected chi connectivity index (χ3v) is 5.16. The molecule has 6 nitrogen and oxygen atoms in total.